The van der Waals surface area contributed by atoms with Crippen LogP contribution in [0.15, 0.2) is 0 Å². The van der Waals surface area contributed by atoms with Gasteiger partial charge in [-0.1, -0.05) is 109 Å². The molecule has 0 N–H and O–H groups in total. The fraction of sp³-hybridized carbons (Fsp3) is 1.00. The van der Waals surface area contributed by atoms with Crippen LogP contribution in [0.1, 0.15) is 110 Å². The molecular formula is C25H52OSSi. The summed E-state index contributed by atoms with van der Waals surface area (Å²) in [6.45, 7) is 10.5. The van der Waals surface area contributed by atoms with Crippen molar-refractivity contribution in [2.24, 2.45) is 0 Å². The first-order chi connectivity index (χ1) is 13.5. The van der Waals surface area contributed by atoms with Crippen LogP contribution in [0.2, 0.25) is 24.7 Å². The SMILES string of the molecule is CC(C)OCCSCCCCCCCCCCCC[Si](C)(C)C1CCCCC1. The van der Waals surface area contributed by atoms with Gasteiger partial charge in [-0.05, 0) is 31.6 Å². The number of hydrogen-bond acceptors (Lipinski definition) is 2. The van der Waals surface area contributed by atoms with Crippen LogP contribution in [-0.4, -0.2) is 32.3 Å². The number of hydrogen-bond donors (Lipinski definition) is 0. The summed E-state index contributed by atoms with van der Waals surface area (Å²) in [5, 5.41) is 0. The van der Waals surface area contributed by atoms with Crippen LogP contribution in [0.3, 0.4) is 0 Å². The Morgan fingerprint density at radius 1 is 0.750 bits per heavy atom. The van der Waals surface area contributed by atoms with Crippen LogP contribution in [0.25, 0.3) is 0 Å². The Balaban J connectivity index is 1.78. The van der Waals surface area contributed by atoms with Gasteiger partial charge in [-0.25, -0.2) is 0 Å². The minimum atomic E-state index is -0.921. The molecule has 0 aromatic rings. The third-order valence-corrected chi connectivity index (χ3v) is 12.2. The van der Waals surface area contributed by atoms with Crippen LogP contribution < -0.4 is 0 Å². The van der Waals surface area contributed by atoms with E-state index < -0.39 is 8.07 Å². The fourth-order valence-corrected chi connectivity index (χ4v) is 9.10. The van der Waals surface area contributed by atoms with Gasteiger partial charge in [-0.2, -0.15) is 11.8 Å². The molecule has 0 heterocycles. The van der Waals surface area contributed by atoms with Crippen LogP contribution in [-0.2, 0) is 4.74 Å². The van der Waals surface area contributed by atoms with Crippen LogP contribution in [0.4, 0.5) is 0 Å². The highest BCUT2D eigenvalue weighted by Crippen LogP contribution is 2.39. The maximum atomic E-state index is 5.57. The highest BCUT2D eigenvalue weighted by Gasteiger charge is 2.31. The average Bonchev–Trinajstić information content (AvgIpc) is 2.68. The Morgan fingerprint density at radius 2 is 1.29 bits per heavy atom. The maximum Gasteiger partial charge on any atom is 0.0560 e. The van der Waals surface area contributed by atoms with E-state index in [1.54, 1.807) is 18.9 Å². The fourth-order valence-electron chi connectivity index (χ4n) is 4.73. The van der Waals surface area contributed by atoms with Crippen molar-refractivity contribution < 1.29 is 4.74 Å². The first-order valence-corrected chi connectivity index (χ1v) is 17.2. The summed E-state index contributed by atoms with van der Waals surface area (Å²) in [4.78, 5) is 0. The van der Waals surface area contributed by atoms with Crippen molar-refractivity contribution in [3.8, 4) is 0 Å². The first-order valence-electron chi connectivity index (χ1n) is 12.7. The van der Waals surface area contributed by atoms with Gasteiger partial charge in [0.25, 0.3) is 0 Å². The molecule has 0 saturated heterocycles. The summed E-state index contributed by atoms with van der Waals surface area (Å²) in [6, 6.07) is 1.60. The lowest BCUT2D eigenvalue weighted by Gasteiger charge is -2.35. The Kier molecular flexibility index (Phi) is 16.3. The number of unbranched alkanes of at least 4 members (excludes halogenated alkanes) is 9. The van der Waals surface area contributed by atoms with E-state index in [0.717, 1.165) is 12.1 Å². The molecule has 0 bridgehead atoms. The van der Waals surface area contributed by atoms with Gasteiger partial charge in [0.05, 0.1) is 20.8 Å². The molecule has 1 fully saturated rings. The van der Waals surface area contributed by atoms with E-state index in [-0.39, 0.29) is 0 Å². The molecule has 28 heavy (non-hydrogen) atoms. The van der Waals surface area contributed by atoms with Gasteiger partial charge in [0, 0.05) is 5.75 Å². The molecule has 1 saturated carbocycles. The normalized spacial score (nSPS) is 16.2. The molecule has 0 radical (unpaired) electrons. The largest absolute Gasteiger partial charge is 0.378 e. The second-order valence-electron chi connectivity index (χ2n) is 10.1. The minimum Gasteiger partial charge on any atom is -0.378 e. The molecule has 0 aromatic carbocycles. The lowest BCUT2D eigenvalue weighted by molar-refractivity contribution is 0.0920. The maximum absolute atomic E-state index is 5.57. The standard InChI is InChI=1S/C25H52OSSi/c1-24(2)26-20-22-27-21-16-11-9-7-5-6-8-10-12-17-23-28(3,4)25-18-14-13-15-19-25/h24-25H,5-23H2,1-4H3. The van der Waals surface area contributed by atoms with Gasteiger partial charge in [-0.15, -0.1) is 0 Å². The zero-order valence-corrected chi connectivity index (χ0v) is 21.7. The Bertz CT molecular complexity index is 339. The lowest BCUT2D eigenvalue weighted by Crippen LogP contribution is -2.33. The summed E-state index contributed by atoms with van der Waals surface area (Å²) in [6.07, 6.45) is 22.7. The predicted octanol–water partition coefficient (Wildman–Crippen LogP) is 9.09. The molecule has 0 aliphatic heterocycles. The van der Waals surface area contributed by atoms with Gasteiger partial charge in [-0.3, -0.25) is 0 Å². The van der Waals surface area contributed by atoms with Gasteiger partial charge in [0.2, 0.25) is 0 Å². The summed E-state index contributed by atoms with van der Waals surface area (Å²) in [5.41, 5.74) is 1.15. The molecule has 3 heteroatoms. The zero-order chi connectivity index (χ0) is 20.5. The molecule has 0 unspecified atom stereocenters. The smallest absolute Gasteiger partial charge is 0.0560 e. The predicted molar refractivity (Wildman–Crippen MR) is 134 cm³/mol. The second-order valence-corrected chi connectivity index (χ2v) is 16.7. The molecule has 0 aromatic heterocycles. The third kappa shape index (κ3) is 14.5. The molecule has 0 amide bonds. The van der Waals surface area contributed by atoms with Crippen molar-refractivity contribution in [3.63, 3.8) is 0 Å². The van der Waals surface area contributed by atoms with E-state index in [0.29, 0.717) is 6.10 Å². The van der Waals surface area contributed by atoms with E-state index in [4.69, 9.17) is 4.74 Å². The summed E-state index contributed by atoms with van der Waals surface area (Å²) in [7, 11) is -0.921. The Morgan fingerprint density at radius 3 is 1.86 bits per heavy atom. The molecule has 168 valence electrons. The van der Waals surface area contributed by atoms with E-state index >= 15 is 0 Å². The van der Waals surface area contributed by atoms with E-state index in [1.807, 2.05) is 0 Å². The third-order valence-electron chi connectivity index (χ3n) is 6.75. The molecule has 0 atom stereocenters. The van der Waals surface area contributed by atoms with Gasteiger partial charge in [0.1, 0.15) is 0 Å². The minimum absolute atomic E-state index is 0.385. The van der Waals surface area contributed by atoms with Gasteiger partial charge < -0.3 is 4.74 Å². The van der Waals surface area contributed by atoms with Crippen molar-refractivity contribution in [2.45, 2.75) is 141 Å². The molecular weight excluding hydrogens is 376 g/mol. The number of ether oxygens (including phenoxy) is 1. The van der Waals surface area contributed by atoms with Gasteiger partial charge in [0.15, 0.2) is 0 Å². The summed E-state index contributed by atoms with van der Waals surface area (Å²) >= 11 is 2.06. The van der Waals surface area contributed by atoms with Crippen molar-refractivity contribution in [2.75, 3.05) is 18.1 Å². The second kappa shape index (κ2) is 17.2. The Hall–Kier alpha value is 0.527. The molecule has 1 rings (SSSR count). The van der Waals surface area contributed by atoms with E-state index in [1.165, 1.54) is 95.0 Å². The van der Waals surface area contributed by atoms with Crippen molar-refractivity contribution >= 4 is 19.8 Å². The topological polar surface area (TPSA) is 9.23 Å². The van der Waals surface area contributed by atoms with E-state index in [9.17, 15) is 0 Å². The van der Waals surface area contributed by atoms with Crippen LogP contribution in [0.5, 0.6) is 0 Å². The zero-order valence-electron chi connectivity index (χ0n) is 19.9. The first kappa shape index (κ1) is 26.6. The highest BCUT2D eigenvalue weighted by molar-refractivity contribution is 7.99. The monoisotopic (exact) mass is 428 g/mol. The van der Waals surface area contributed by atoms with E-state index in [2.05, 4.69) is 38.7 Å². The van der Waals surface area contributed by atoms with Crippen molar-refractivity contribution in [3.05, 3.63) is 0 Å². The summed E-state index contributed by atoms with van der Waals surface area (Å²) < 4.78 is 5.57. The summed E-state index contributed by atoms with van der Waals surface area (Å²) in [5.74, 6) is 2.49. The lowest BCUT2D eigenvalue weighted by atomic mass is 10.0. The van der Waals surface area contributed by atoms with Gasteiger partial charge >= 0.3 is 0 Å². The molecule has 1 aliphatic rings. The molecule has 1 aliphatic carbocycles. The molecule has 1 nitrogen and oxygen atoms in total. The molecule has 0 spiro atoms. The Labute approximate surface area is 183 Å². The van der Waals surface area contributed by atoms with Crippen LogP contribution in [0, 0.1) is 0 Å². The highest BCUT2D eigenvalue weighted by atomic mass is 32.2. The quantitative estimate of drug-likeness (QED) is 0.159. The number of rotatable bonds is 18. The van der Waals surface area contributed by atoms with Crippen molar-refractivity contribution in [1.82, 2.24) is 0 Å². The van der Waals surface area contributed by atoms with Crippen LogP contribution >= 0.6 is 11.8 Å². The number of thioether (sulfide) groups is 1. The van der Waals surface area contributed by atoms with Crippen molar-refractivity contribution in [1.29, 1.82) is 0 Å². The average molecular weight is 429 g/mol.